The molecule has 13 heteroatoms. The molecule has 204 valence electrons. The summed E-state index contributed by atoms with van der Waals surface area (Å²) in [6, 6.07) is 1.84. The maximum Gasteiger partial charge on any atom is 0.317 e. The van der Waals surface area contributed by atoms with E-state index in [0.29, 0.717) is 55.4 Å². The van der Waals surface area contributed by atoms with Gasteiger partial charge in [-0.2, -0.15) is 5.10 Å². The highest BCUT2D eigenvalue weighted by molar-refractivity contribution is 5.93. The zero-order chi connectivity index (χ0) is 26.7. The van der Waals surface area contributed by atoms with Gasteiger partial charge in [-0.3, -0.25) is 4.79 Å². The van der Waals surface area contributed by atoms with Gasteiger partial charge in [0, 0.05) is 38.4 Å². The summed E-state index contributed by atoms with van der Waals surface area (Å²) in [4.78, 5) is 30.8. The monoisotopic (exact) mass is 530 g/mol. The number of carbonyl (C=O) groups is 2. The van der Waals surface area contributed by atoms with E-state index in [4.69, 9.17) is 4.63 Å². The van der Waals surface area contributed by atoms with Gasteiger partial charge in [0.15, 0.2) is 11.3 Å². The van der Waals surface area contributed by atoms with Gasteiger partial charge in [0.25, 0.3) is 5.91 Å². The molecule has 2 aliphatic carbocycles. The Hall–Kier alpha value is -3.64. The molecule has 0 aromatic carbocycles. The van der Waals surface area contributed by atoms with Gasteiger partial charge < -0.3 is 15.5 Å². The van der Waals surface area contributed by atoms with Crippen LogP contribution >= 0.6 is 0 Å². The summed E-state index contributed by atoms with van der Waals surface area (Å²) in [6.45, 7) is 4.23. The third-order valence-electron chi connectivity index (χ3n) is 6.93. The number of hydrogen-bond acceptors (Lipinski definition) is 7. The molecule has 3 amide bonds. The van der Waals surface area contributed by atoms with Gasteiger partial charge in [0.2, 0.25) is 5.92 Å². The van der Waals surface area contributed by atoms with Crippen LogP contribution in [0.3, 0.4) is 0 Å². The van der Waals surface area contributed by atoms with Gasteiger partial charge in [-0.1, -0.05) is 18.5 Å². The second-order valence-electron chi connectivity index (χ2n) is 10.4. The molecule has 3 aliphatic rings. The highest BCUT2D eigenvalue weighted by atomic mass is 19.3. The molecule has 4 heterocycles. The van der Waals surface area contributed by atoms with E-state index in [1.807, 2.05) is 6.07 Å². The Labute approximate surface area is 218 Å². The number of nitrogens with one attached hydrogen (secondary N) is 2. The van der Waals surface area contributed by atoms with Crippen LogP contribution in [0, 0.1) is 5.92 Å². The first-order chi connectivity index (χ1) is 18.3. The molecule has 1 unspecified atom stereocenters. The van der Waals surface area contributed by atoms with E-state index >= 15 is 0 Å². The van der Waals surface area contributed by atoms with Gasteiger partial charge in [-0.15, -0.1) is 0 Å². The second kappa shape index (κ2) is 11.0. The van der Waals surface area contributed by atoms with Gasteiger partial charge in [-0.05, 0) is 48.4 Å². The predicted molar refractivity (Wildman–Crippen MR) is 131 cm³/mol. The molecule has 38 heavy (non-hydrogen) atoms. The van der Waals surface area contributed by atoms with E-state index in [-0.39, 0.29) is 42.9 Å². The summed E-state index contributed by atoms with van der Waals surface area (Å²) >= 11 is 0. The quantitative estimate of drug-likeness (QED) is 0.497. The summed E-state index contributed by atoms with van der Waals surface area (Å²) in [5, 5.41) is 17.7. The molecule has 3 aromatic heterocycles. The fourth-order valence-electron chi connectivity index (χ4n) is 4.69. The number of amides is 3. The maximum atomic E-state index is 12.4. The minimum atomic E-state index is -2.32. The summed E-state index contributed by atoms with van der Waals surface area (Å²) in [5.74, 6) is -1.96. The van der Waals surface area contributed by atoms with E-state index in [0.717, 1.165) is 24.8 Å². The first-order valence-corrected chi connectivity index (χ1v) is 13.1. The molecule has 3 fully saturated rings. The number of rotatable bonds is 6. The lowest BCUT2D eigenvalue weighted by Gasteiger charge is -2.31. The van der Waals surface area contributed by atoms with Crippen molar-refractivity contribution in [2.24, 2.45) is 5.92 Å². The zero-order valence-corrected chi connectivity index (χ0v) is 21.3. The van der Waals surface area contributed by atoms with Gasteiger partial charge in [-0.25, -0.2) is 27.7 Å². The van der Waals surface area contributed by atoms with Crippen molar-refractivity contribution >= 4 is 17.6 Å². The fraction of sp³-hybridized carbons (Fsp3) is 0.600. The molecule has 2 N–H and O–H groups in total. The highest BCUT2D eigenvalue weighted by Crippen LogP contribution is 2.40. The molecular weight excluding hydrogens is 498 g/mol. The van der Waals surface area contributed by atoms with Crippen molar-refractivity contribution in [1.29, 1.82) is 0 Å². The Balaban J connectivity index is 0.000000316. The van der Waals surface area contributed by atoms with Crippen LogP contribution in [-0.4, -0.2) is 60.8 Å². The van der Waals surface area contributed by atoms with Crippen LogP contribution in [-0.2, 0) is 13.1 Å². The van der Waals surface area contributed by atoms with Crippen LogP contribution in [0.2, 0.25) is 0 Å². The van der Waals surface area contributed by atoms with E-state index < -0.39 is 5.92 Å². The normalized spacial score (nSPS) is 21.0. The number of imidazole rings is 1. The number of fused-ring (bicyclic) bond motifs is 1. The summed E-state index contributed by atoms with van der Waals surface area (Å²) in [6.07, 6.45) is 8.17. The third kappa shape index (κ3) is 6.43. The number of halogens is 2. The predicted octanol–water partition coefficient (Wildman–Crippen LogP) is 3.67. The van der Waals surface area contributed by atoms with Crippen LogP contribution in [0.15, 0.2) is 23.1 Å². The van der Waals surface area contributed by atoms with Crippen LogP contribution in [0.4, 0.5) is 13.6 Å². The number of carbonyl (C=O) groups excluding carboxylic acids is 2. The summed E-state index contributed by atoms with van der Waals surface area (Å²) in [7, 11) is 0. The lowest BCUT2D eigenvalue weighted by Crippen LogP contribution is -2.49. The van der Waals surface area contributed by atoms with Crippen molar-refractivity contribution in [2.45, 2.75) is 76.8 Å². The Morgan fingerprint density at radius 1 is 1.24 bits per heavy atom. The maximum absolute atomic E-state index is 12.4. The topological polar surface area (TPSA) is 131 Å². The van der Waals surface area contributed by atoms with Crippen molar-refractivity contribution in [3.8, 4) is 0 Å². The Bertz CT molecular complexity index is 1280. The highest BCUT2D eigenvalue weighted by Gasteiger charge is 2.33. The average Bonchev–Trinajstić information content (AvgIpc) is 3.46. The zero-order valence-electron chi connectivity index (χ0n) is 21.3. The first-order valence-electron chi connectivity index (χ1n) is 13.1. The lowest BCUT2D eigenvalue weighted by molar-refractivity contribution is -0.0337. The molecule has 3 aromatic rings. The lowest BCUT2D eigenvalue weighted by atomic mass is 9.97. The fourth-order valence-corrected chi connectivity index (χ4v) is 4.69. The van der Waals surface area contributed by atoms with E-state index in [1.165, 1.54) is 0 Å². The van der Waals surface area contributed by atoms with Gasteiger partial charge in [0.1, 0.15) is 5.69 Å². The minimum absolute atomic E-state index is 0.0624. The number of hydrogen-bond donors (Lipinski definition) is 2. The molecule has 1 saturated heterocycles. The van der Waals surface area contributed by atoms with Crippen LogP contribution < -0.4 is 10.6 Å². The van der Waals surface area contributed by atoms with Crippen molar-refractivity contribution in [3.05, 3.63) is 41.1 Å². The number of aromatic nitrogens is 5. The van der Waals surface area contributed by atoms with Crippen LogP contribution in [0.5, 0.6) is 0 Å². The standard InChI is InChI=1S/C19H22N8O3.C6H10F2/c1-11-5-21-19(29)26(8-11)9-12-4-15-23-14(10-27(15)22-6-12)7-20-18(28)17-16(13-2-3-13)24-30-25-17;7-6(8)4-2-1-3-5-6/h4,6,10-11,13H,2-3,5,7-9H2,1H3,(H,20,28)(H,21,29);1-5H2. The minimum Gasteiger partial charge on any atom is -0.345 e. The smallest absolute Gasteiger partial charge is 0.317 e. The SMILES string of the molecule is CC1CNC(=O)N(Cc2cnn3cc(CNC(=O)c4nonc4C4CC4)nc3c2)C1.FC1(F)CCCCC1. The Morgan fingerprint density at radius 2 is 2.03 bits per heavy atom. The van der Waals surface area contributed by atoms with Crippen LogP contribution in [0.1, 0.15) is 85.2 Å². The third-order valence-corrected chi connectivity index (χ3v) is 6.93. The van der Waals surface area contributed by atoms with Gasteiger partial charge in [0.05, 0.1) is 24.6 Å². The summed E-state index contributed by atoms with van der Waals surface area (Å²) in [5.41, 5.74) is 3.10. The number of urea groups is 1. The molecule has 1 aliphatic heterocycles. The van der Waals surface area contributed by atoms with Crippen molar-refractivity contribution < 1.29 is 23.0 Å². The largest absolute Gasteiger partial charge is 0.345 e. The number of nitrogens with zero attached hydrogens (tertiary/aromatic N) is 6. The second-order valence-corrected chi connectivity index (χ2v) is 10.4. The summed E-state index contributed by atoms with van der Waals surface area (Å²) < 4.78 is 30.8. The molecule has 11 nitrogen and oxygen atoms in total. The van der Waals surface area contributed by atoms with E-state index in [1.54, 1.807) is 21.8 Å². The van der Waals surface area contributed by atoms with Crippen molar-refractivity contribution in [3.63, 3.8) is 0 Å². The molecule has 1 atom stereocenters. The first kappa shape index (κ1) is 26.0. The van der Waals surface area contributed by atoms with Crippen LogP contribution in [0.25, 0.3) is 5.65 Å². The molecule has 6 rings (SSSR count). The molecule has 0 bridgehead atoms. The van der Waals surface area contributed by atoms with E-state index in [2.05, 4.69) is 38.0 Å². The van der Waals surface area contributed by atoms with Crippen molar-refractivity contribution in [1.82, 2.24) is 40.4 Å². The molecule has 2 saturated carbocycles. The molecule has 0 radical (unpaired) electrons. The number of alkyl halides is 2. The van der Waals surface area contributed by atoms with E-state index in [9.17, 15) is 18.4 Å². The Morgan fingerprint density at radius 3 is 2.74 bits per heavy atom. The average molecular weight is 531 g/mol. The Kier molecular flexibility index (Phi) is 7.52. The molecule has 0 spiro atoms. The van der Waals surface area contributed by atoms with Gasteiger partial charge >= 0.3 is 6.03 Å². The van der Waals surface area contributed by atoms with Crippen molar-refractivity contribution in [2.75, 3.05) is 13.1 Å². The molecular formula is C25H32F2N8O3.